The smallest absolute Gasteiger partial charge is 0.261 e. The molecule has 0 unspecified atom stereocenters. The van der Waals surface area contributed by atoms with Crippen LogP contribution in [0.1, 0.15) is 17.5 Å². The van der Waals surface area contributed by atoms with Gasteiger partial charge in [-0.15, -0.1) is 0 Å². The number of sulfone groups is 1. The summed E-state index contributed by atoms with van der Waals surface area (Å²) in [6, 6.07) is 15.7. The molecule has 0 saturated carbocycles. The van der Waals surface area contributed by atoms with Gasteiger partial charge in [0.2, 0.25) is 0 Å². The lowest BCUT2D eigenvalue weighted by Crippen LogP contribution is -2.24. The van der Waals surface area contributed by atoms with Crippen LogP contribution in [-0.2, 0) is 22.8 Å². The van der Waals surface area contributed by atoms with Gasteiger partial charge >= 0.3 is 0 Å². The Morgan fingerprint density at radius 1 is 0.956 bits per heavy atom. The van der Waals surface area contributed by atoms with E-state index in [9.17, 15) is 21.6 Å². The van der Waals surface area contributed by atoms with E-state index in [4.69, 9.17) is 9.97 Å². The number of hydrogen-bond donors (Lipinski definition) is 2. The molecule has 0 bridgehead atoms. The summed E-state index contributed by atoms with van der Waals surface area (Å²) in [5.74, 6) is -2.74. The van der Waals surface area contributed by atoms with Crippen molar-refractivity contribution in [2.24, 2.45) is 0 Å². The lowest BCUT2D eigenvalue weighted by atomic mass is 10.0. The van der Waals surface area contributed by atoms with E-state index in [2.05, 4.69) is 20.2 Å². The molecule has 13 heteroatoms. The van der Waals surface area contributed by atoms with Gasteiger partial charge in [-0.1, -0.05) is 18.2 Å². The van der Waals surface area contributed by atoms with Crippen molar-refractivity contribution in [1.29, 1.82) is 0 Å². The molecule has 1 fully saturated rings. The molecule has 1 saturated heterocycles. The first-order chi connectivity index (χ1) is 21.5. The fourth-order valence-corrected chi connectivity index (χ4v) is 6.38. The summed E-state index contributed by atoms with van der Waals surface area (Å²) >= 11 is 0. The van der Waals surface area contributed by atoms with E-state index in [1.54, 1.807) is 23.4 Å². The summed E-state index contributed by atoms with van der Waals surface area (Å²) in [6.07, 6.45) is 4.59. The molecule has 230 valence electrons. The molecule has 6 aromatic rings. The second-order valence-corrected chi connectivity index (χ2v) is 13.8. The van der Waals surface area contributed by atoms with Crippen LogP contribution >= 0.6 is 0 Å². The normalized spacial score (nSPS) is 15.4. The van der Waals surface area contributed by atoms with Crippen molar-refractivity contribution in [3.63, 3.8) is 0 Å². The van der Waals surface area contributed by atoms with Crippen molar-refractivity contribution in [3.8, 4) is 33.9 Å². The number of likely N-dealkylation sites (tertiary alicyclic amines) is 1. The zero-order chi connectivity index (χ0) is 31.3. The zero-order valence-electron chi connectivity index (χ0n) is 24.2. The Balaban J connectivity index is 1.22. The van der Waals surface area contributed by atoms with E-state index < -0.39 is 21.6 Å². The number of imidazole rings is 1. The lowest BCUT2D eigenvalue weighted by molar-refractivity contribution is 0.0115. The number of para-hydroxylation sites is 1. The molecule has 45 heavy (non-hydrogen) atoms. The van der Waals surface area contributed by atoms with Crippen LogP contribution < -0.4 is 0 Å². The molecule has 2 aromatic carbocycles. The highest BCUT2D eigenvalue weighted by Gasteiger charge is 2.38. The van der Waals surface area contributed by atoms with E-state index in [-0.39, 0.29) is 25.1 Å². The summed E-state index contributed by atoms with van der Waals surface area (Å²) in [4.78, 5) is 19.1. The number of rotatable bonds is 8. The average molecular weight is 632 g/mol. The number of aromatic nitrogens is 6. The number of aryl methyl sites for hydroxylation is 1. The Hall–Kier alpha value is -4.62. The first-order valence-electron chi connectivity index (χ1n) is 14.4. The lowest BCUT2D eigenvalue weighted by Gasteiger charge is -2.15. The van der Waals surface area contributed by atoms with Gasteiger partial charge in [-0.05, 0) is 59.5 Å². The third-order valence-electron chi connectivity index (χ3n) is 7.92. The van der Waals surface area contributed by atoms with Gasteiger partial charge in [0.25, 0.3) is 5.92 Å². The first kappa shape index (κ1) is 29.1. The van der Waals surface area contributed by atoms with Crippen molar-refractivity contribution < 1.29 is 21.6 Å². The van der Waals surface area contributed by atoms with Crippen molar-refractivity contribution in [2.75, 3.05) is 25.1 Å². The van der Waals surface area contributed by atoms with Crippen LogP contribution in [0.2, 0.25) is 0 Å². The van der Waals surface area contributed by atoms with Crippen molar-refractivity contribution in [3.05, 3.63) is 83.9 Å². The van der Waals surface area contributed by atoms with Crippen LogP contribution in [0.4, 0.5) is 13.2 Å². The van der Waals surface area contributed by atoms with E-state index in [0.717, 1.165) is 17.4 Å². The molecule has 2 N–H and O–H groups in total. The minimum Gasteiger partial charge on any atom is -0.336 e. The van der Waals surface area contributed by atoms with Crippen LogP contribution in [0.5, 0.6) is 0 Å². The molecule has 0 spiro atoms. The third-order valence-corrected chi connectivity index (χ3v) is 8.87. The maximum atomic E-state index is 14.6. The van der Waals surface area contributed by atoms with Gasteiger partial charge in [-0.3, -0.25) is 15.0 Å². The minimum absolute atomic E-state index is 0.0778. The molecule has 0 radical (unpaired) electrons. The molecule has 1 aliphatic heterocycles. The predicted octanol–water partition coefficient (Wildman–Crippen LogP) is 5.80. The van der Waals surface area contributed by atoms with Gasteiger partial charge in [-0.25, -0.2) is 31.6 Å². The van der Waals surface area contributed by atoms with Crippen molar-refractivity contribution >= 4 is 31.9 Å². The van der Waals surface area contributed by atoms with Crippen molar-refractivity contribution in [1.82, 2.24) is 35.0 Å². The summed E-state index contributed by atoms with van der Waals surface area (Å²) in [6.45, 7) is 0.451. The summed E-state index contributed by atoms with van der Waals surface area (Å²) < 4.78 is 65.4. The molecule has 9 nitrogen and oxygen atoms in total. The molecular weight excluding hydrogens is 603 g/mol. The number of hydrogen-bond acceptors (Lipinski definition) is 7. The number of fused-ring (bicyclic) bond motifs is 2. The predicted molar refractivity (Wildman–Crippen MR) is 166 cm³/mol. The molecular formula is C32H28F3N7O2S. The number of benzene rings is 2. The number of aromatic amines is 2. The second kappa shape index (κ2) is 11.1. The largest absolute Gasteiger partial charge is 0.336 e. The minimum atomic E-state index is -3.21. The summed E-state index contributed by atoms with van der Waals surface area (Å²) in [5.41, 5.74) is 7.13. The summed E-state index contributed by atoms with van der Waals surface area (Å²) in [5, 5.41) is 7.48. The monoisotopic (exact) mass is 631 g/mol. The molecule has 0 amide bonds. The van der Waals surface area contributed by atoms with Crippen LogP contribution in [0.25, 0.3) is 56.0 Å². The van der Waals surface area contributed by atoms with Crippen LogP contribution in [-0.4, -0.2) is 74.5 Å². The van der Waals surface area contributed by atoms with Crippen LogP contribution in [0.3, 0.4) is 0 Å². The van der Waals surface area contributed by atoms with E-state index in [1.807, 2.05) is 36.4 Å². The van der Waals surface area contributed by atoms with Gasteiger partial charge in [0.05, 0.1) is 34.5 Å². The first-order valence-corrected chi connectivity index (χ1v) is 16.4. The van der Waals surface area contributed by atoms with E-state index >= 15 is 0 Å². The van der Waals surface area contributed by atoms with Gasteiger partial charge in [0.15, 0.2) is 11.5 Å². The number of pyridine rings is 2. The van der Waals surface area contributed by atoms with Gasteiger partial charge in [0.1, 0.15) is 21.2 Å². The van der Waals surface area contributed by atoms with Crippen molar-refractivity contribution in [2.45, 2.75) is 25.3 Å². The molecule has 5 heterocycles. The Morgan fingerprint density at radius 2 is 1.80 bits per heavy atom. The molecule has 0 atom stereocenters. The molecule has 4 aromatic heterocycles. The Kier molecular flexibility index (Phi) is 7.16. The maximum absolute atomic E-state index is 14.6. The molecule has 7 rings (SSSR count). The number of nitrogens with one attached hydrogen (secondary N) is 2. The number of H-pyrrole nitrogens is 2. The zero-order valence-corrected chi connectivity index (χ0v) is 25.0. The fraction of sp³-hybridized carbons (Fsp3) is 0.250. The van der Waals surface area contributed by atoms with E-state index in [0.29, 0.717) is 69.1 Å². The van der Waals surface area contributed by atoms with Gasteiger partial charge < -0.3 is 4.98 Å². The number of halogens is 3. The molecule has 0 aliphatic carbocycles. The molecule has 1 aliphatic rings. The van der Waals surface area contributed by atoms with Gasteiger partial charge in [-0.2, -0.15) is 5.10 Å². The van der Waals surface area contributed by atoms with Crippen LogP contribution in [0, 0.1) is 5.82 Å². The highest BCUT2D eigenvalue weighted by Crippen LogP contribution is 2.33. The Labute approximate surface area is 256 Å². The fourth-order valence-electron chi connectivity index (χ4n) is 5.77. The highest BCUT2D eigenvalue weighted by molar-refractivity contribution is 7.90. The average Bonchev–Trinajstić information content (AvgIpc) is 3.71. The van der Waals surface area contributed by atoms with Crippen LogP contribution in [0.15, 0.2) is 67.0 Å². The standard InChI is InChI=1S/C32H28F3N7O2S/c1-45(43,44)10-7-19-11-21(14-23(33)13-19)24-3-2-4-26-28(24)39-31(38-26)30-29-27(40-41-30)6-5-25(37-29)22-12-20(15-36-16-22)17-42-9-8-32(34,35)18-42/h2-6,11-16H,7-10,17-18H2,1H3,(H,38,39)(H,40,41). The quantitative estimate of drug-likeness (QED) is 0.218. The second-order valence-electron chi connectivity index (χ2n) is 11.6. The maximum Gasteiger partial charge on any atom is 0.261 e. The van der Waals surface area contributed by atoms with Gasteiger partial charge in [0, 0.05) is 49.3 Å². The Bertz CT molecular complexity index is 2180. The van der Waals surface area contributed by atoms with E-state index in [1.165, 1.54) is 12.1 Å². The third kappa shape index (κ3) is 6.18. The highest BCUT2D eigenvalue weighted by atomic mass is 32.2. The number of alkyl halides is 2. The topological polar surface area (TPSA) is 121 Å². The summed E-state index contributed by atoms with van der Waals surface area (Å²) in [7, 11) is -3.21. The Morgan fingerprint density at radius 3 is 2.60 bits per heavy atom. The SMILES string of the molecule is CS(=O)(=O)CCc1cc(F)cc(-c2cccc3[nH]c(-c4n[nH]c5ccc(-c6cncc(CN7CCC(F)(F)C7)c6)nc45)nc23)c1. The number of nitrogens with zero attached hydrogens (tertiary/aromatic N) is 5.